The van der Waals surface area contributed by atoms with Crippen LogP contribution in [-0.4, -0.2) is 38.6 Å². The monoisotopic (exact) mass is 465 g/mol. The van der Waals surface area contributed by atoms with Gasteiger partial charge in [0, 0.05) is 12.0 Å². The lowest BCUT2D eigenvalue weighted by atomic mass is 9.49. The molecule has 2 aromatic rings. The van der Waals surface area contributed by atoms with Crippen molar-refractivity contribution in [3.05, 3.63) is 18.2 Å². The van der Waals surface area contributed by atoms with Gasteiger partial charge in [-0.3, -0.25) is 4.79 Å². The molecule has 0 spiro atoms. The molecular weight excluding hydrogens is 426 g/mol. The minimum Gasteiger partial charge on any atom is -0.497 e. The number of carbonyl (C=O) groups is 1. The van der Waals surface area contributed by atoms with Gasteiger partial charge in [-0.1, -0.05) is 6.92 Å². The smallest absolute Gasteiger partial charge is 0.159 e. The third kappa shape index (κ3) is 3.59. The van der Waals surface area contributed by atoms with Crippen molar-refractivity contribution in [3.8, 4) is 5.75 Å². The van der Waals surface area contributed by atoms with Gasteiger partial charge in [0.25, 0.3) is 0 Å². The Balaban J connectivity index is 1.17. The number of ether oxygens (including phenoxy) is 1. The van der Waals surface area contributed by atoms with E-state index in [1.165, 1.54) is 38.5 Å². The molecule has 6 rings (SSSR count). The van der Waals surface area contributed by atoms with Crippen LogP contribution in [0.15, 0.2) is 18.2 Å². The Morgan fingerprint density at radius 1 is 1.03 bits per heavy atom. The Morgan fingerprint density at radius 3 is 2.65 bits per heavy atom. The highest BCUT2D eigenvalue weighted by molar-refractivity contribution is 5.82. The number of nitrogens with zero attached hydrogens (tertiary/aromatic N) is 3. The molecule has 1 aromatic heterocycles. The van der Waals surface area contributed by atoms with Crippen molar-refractivity contribution >= 4 is 16.8 Å². The van der Waals surface area contributed by atoms with Crippen LogP contribution in [0.2, 0.25) is 0 Å². The summed E-state index contributed by atoms with van der Waals surface area (Å²) >= 11 is 0. The number of methoxy groups -OCH3 is 1. The van der Waals surface area contributed by atoms with Crippen LogP contribution in [0, 0.1) is 40.9 Å². The first-order chi connectivity index (χ1) is 16.3. The Kier molecular flexibility index (Phi) is 5.32. The van der Waals surface area contributed by atoms with E-state index in [1.807, 2.05) is 25.1 Å². The average molecular weight is 466 g/mol. The van der Waals surface area contributed by atoms with E-state index in [4.69, 9.17) is 4.74 Å². The Labute approximate surface area is 202 Å². The molecule has 1 aromatic carbocycles. The number of fused-ring (bicyclic) bond motifs is 6. The molecular formula is C28H39N3O3. The van der Waals surface area contributed by atoms with Gasteiger partial charge >= 0.3 is 0 Å². The zero-order valence-electron chi connectivity index (χ0n) is 20.9. The minimum atomic E-state index is -0.460. The molecule has 4 aliphatic carbocycles. The lowest BCUT2D eigenvalue weighted by Gasteiger charge is -2.56. The average Bonchev–Trinajstić information content (AvgIpc) is 3.37. The first-order valence-electron chi connectivity index (χ1n) is 13.4. The van der Waals surface area contributed by atoms with Gasteiger partial charge in [0.2, 0.25) is 0 Å². The van der Waals surface area contributed by atoms with Gasteiger partial charge in [0.15, 0.2) is 5.78 Å². The summed E-state index contributed by atoms with van der Waals surface area (Å²) in [6.07, 6.45) is 10.3. The second-order valence-corrected chi connectivity index (χ2v) is 12.4. The first-order valence-corrected chi connectivity index (χ1v) is 13.4. The minimum absolute atomic E-state index is 0.112. The molecule has 8 atom stereocenters. The van der Waals surface area contributed by atoms with E-state index < -0.39 is 5.60 Å². The topological polar surface area (TPSA) is 77.2 Å². The fourth-order valence-electron chi connectivity index (χ4n) is 9.00. The molecule has 0 radical (unpaired) electrons. The van der Waals surface area contributed by atoms with Gasteiger partial charge in [-0.2, -0.15) is 15.0 Å². The van der Waals surface area contributed by atoms with Crippen molar-refractivity contribution in [2.75, 3.05) is 7.11 Å². The lowest BCUT2D eigenvalue weighted by Crippen LogP contribution is -2.51. The maximum atomic E-state index is 13.6. The summed E-state index contributed by atoms with van der Waals surface area (Å²) in [6.45, 7) is 4.71. The van der Waals surface area contributed by atoms with Crippen LogP contribution in [0.5, 0.6) is 5.75 Å². The van der Waals surface area contributed by atoms with Crippen molar-refractivity contribution in [1.29, 1.82) is 0 Å². The van der Waals surface area contributed by atoms with Crippen LogP contribution < -0.4 is 4.74 Å². The third-order valence-electron chi connectivity index (χ3n) is 10.6. The number of benzene rings is 1. The van der Waals surface area contributed by atoms with E-state index in [1.54, 1.807) is 11.9 Å². The summed E-state index contributed by atoms with van der Waals surface area (Å²) in [5.41, 5.74) is 1.22. The van der Waals surface area contributed by atoms with Gasteiger partial charge < -0.3 is 9.84 Å². The van der Waals surface area contributed by atoms with E-state index >= 15 is 0 Å². The molecule has 6 heteroatoms. The van der Waals surface area contributed by atoms with Crippen molar-refractivity contribution in [1.82, 2.24) is 15.0 Å². The van der Waals surface area contributed by atoms with Crippen LogP contribution in [0.3, 0.4) is 0 Å². The molecule has 0 amide bonds. The second-order valence-electron chi connectivity index (χ2n) is 12.4. The molecule has 1 unspecified atom stereocenters. The molecule has 1 heterocycles. The molecule has 6 nitrogen and oxygen atoms in total. The van der Waals surface area contributed by atoms with E-state index in [0.29, 0.717) is 17.6 Å². The predicted octanol–water partition coefficient (Wildman–Crippen LogP) is 5.03. The molecule has 4 fully saturated rings. The maximum Gasteiger partial charge on any atom is 0.159 e. The van der Waals surface area contributed by atoms with Crippen molar-refractivity contribution in [3.63, 3.8) is 0 Å². The van der Waals surface area contributed by atoms with E-state index in [9.17, 15) is 9.90 Å². The number of carbonyl (C=O) groups excluding carboxylic acids is 1. The Morgan fingerprint density at radius 2 is 1.82 bits per heavy atom. The van der Waals surface area contributed by atoms with Crippen LogP contribution in [0.1, 0.15) is 71.6 Å². The third-order valence-corrected chi connectivity index (χ3v) is 10.6. The summed E-state index contributed by atoms with van der Waals surface area (Å²) < 4.78 is 5.30. The molecule has 4 saturated carbocycles. The van der Waals surface area contributed by atoms with Crippen LogP contribution in [-0.2, 0) is 11.3 Å². The molecule has 184 valence electrons. The number of hydrogen-bond donors (Lipinski definition) is 1. The molecule has 4 aliphatic rings. The van der Waals surface area contributed by atoms with Crippen LogP contribution >= 0.6 is 0 Å². The summed E-state index contributed by atoms with van der Waals surface area (Å²) in [6, 6.07) is 5.65. The SMILES string of the molecule is COc1ccc2nn(CC(=O)[C@H]3CC[C@H]4C5CC[C@@H]6C[C@](C)(O)CC[C@@H]6[C@H]5CC[C@]34C)nc2c1. The van der Waals surface area contributed by atoms with Gasteiger partial charge in [0.05, 0.1) is 12.7 Å². The standard InChI is InChI=1S/C28H39N3O3/c1-27(33)12-10-19-17(15-27)4-6-21-20(19)11-13-28(2)22(21)7-8-23(28)26(32)16-31-29-24-9-5-18(34-3)14-25(24)30-31/h5,9,14,17,19-23,33H,4,6-8,10-13,15-16H2,1-3H3/t17-,19+,20-,21?,22+,23-,27-,28+/m1/s1. The summed E-state index contributed by atoms with van der Waals surface area (Å²) in [4.78, 5) is 15.2. The molecule has 34 heavy (non-hydrogen) atoms. The number of Topliss-reactive ketones (excluding diaryl/α,β-unsaturated/α-hetero) is 1. The lowest BCUT2D eigenvalue weighted by molar-refractivity contribution is -0.133. The van der Waals surface area contributed by atoms with Crippen molar-refractivity contribution in [2.24, 2.45) is 40.9 Å². The van der Waals surface area contributed by atoms with Crippen LogP contribution in [0.25, 0.3) is 11.0 Å². The van der Waals surface area contributed by atoms with Gasteiger partial charge in [-0.05, 0) is 112 Å². The van der Waals surface area contributed by atoms with Crippen molar-refractivity contribution in [2.45, 2.75) is 83.8 Å². The Hall–Kier alpha value is -1.95. The fraction of sp³-hybridized carbons (Fsp3) is 0.750. The summed E-state index contributed by atoms with van der Waals surface area (Å²) in [5.74, 6) is 4.89. The van der Waals surface area contributed by atoms with Crippen molar-refractivity contribution < 1.29 is 14.6 Å². The quantitative estimate of drug-likeness (QED) is 0.685. The number of rotatable bonds is 4. The maximum absolute atomic E-state index is 13.6. The van der Waals surface area contributed by atoms with Gasteiger partial charge in [-0.25, -0.2) is 0 Å². The second kappa shape index (κ2) is 8.04. The molecule has 0 saturated heterocycles. The van der Waals surface area contributed by atoms with E-state index in [2.05, 4.69) is 17.1 Å². The largest absolute Gasteiger partial charge is 0.497 e. The highest BCUT2D eigenvalue weighted by Crippen LogP contribution is 2.64. The summed E-state index contributed by atoms with van der Waals surface area (Å²) in [7, 11) is 1.64. The Bertz CT molecular complexity index is 1090. The number of hydrogen-bond acceptors (Lipinski definition) is 5. The molecule has 0 bridgehead atoms. The first kappa shape index (κ1) is 22.5. The fourth-order valence-corrected chi connectivity index (χ4v) is 9.00. The molecule has 0 aliphatic heterocycles. The van der Waals surface area contributed by atoms with Gasteiger partial charge in [-0.15, -0.1) is 0 Å². The van der Waals surface area contributed by atoms with Gasteiger partial charge in [0.1, 0.15) is 23.3 Å². The number of aromatic nitrogens is 3. The number of aliphatic hydroxyl groups is 1. The normalized spacial score (nSPS) is 41.5. The zero-order chi connectivity index (χ0) is 23.7. The number of ketones is 1. The zero-order valence-corrected chi connectivity index (χ0v) is 20.9. The van der Waals surface area contributed by atoms with E-state index in [0.717, 1.165) is 53.8 Å². The summed E-state index contributed by atoms with van der Waals surface area (Å²) in [5, 5.41) is 19.8. The molecule has 1 N–H and O–H groups in total. The van der Waals surface area contributed by atoms with Crippen LogP contribution in [0.4, 0.5) is 0 Å². The highest BCUT2D eigenvalue weighted by atomic mass is 16.5. The highest BCUT2D eigenvalue weighted by Gasteiger charge is 2.58. The predicted molar refractivity (Wildman–Crippen MR) is 130 cm³/mol. The van der Waals surface area contributed by atoms with E-state index in [-0.39, 0.29) is 17.9 Å².